The fourth-order valence-electron chi connectivity index (χ4n) is 4.25. The topological polar surface area (TPSA) is 73.8 Å². The summed E-state index contributed by atoms with van der Waals surface area (Å²) in [6.07, 6.45) is 1.74. The van der Waals surface area contributed by atoms with E-state index in [9.17, 15) is 4.79 Å². The summed E-state index contributed by atoms with van der Waals surface area (Å²) in [5.41, 5.74) is 7.33. The summed E-state index contributed by atoms with van der Waals surface area (Å²) >= 11 is 7.56. The van der Waals surface area contributed by atoms with Crippen molar-refractivity contribution in [1.29, 1.82) is 5.41 Å². The maximum Gasteiger partial charge on any atom is 0.283 e. The minimum atomic E-state index is -0.448. The van der Waals surface area contributed by atoms with E-state index in [1.54, 1.807) is 12.1 Å². The second kappa shape index (κ2) is 8.42. The van der Waals surface area contributed by atoms with Gasteiger partial charge in [-0.15, -0.1) is 0 Å². The number of carbonyl (C=O) groups excluding carboxylic acids is 1. The number of rotatable bonds is 3. The number of halogens is 1. The van der Waals surface area contributed by atoms with Crippen molar-refractivity contribution in [2.45, 2.75) is 27.7 Å². The summed E-state index contributed by atoms with van der Waals surface area (Å²) in [7, 11) is 0. The molecule has 34 heavy (non-hydrogen) atoms. The third kappa shape index (κ3) is 3.71. The molecule has 0 unspecified atom stereocenters. The van der Waals surface area contributed by atoms with Gasteiger partial charge < -0.3 is 4.57 Å². The Balaban J connectivity index is 1.53. The lowest BCUT2D eigenvalue weighted by atomic mass is 10.1. The Bertz CT molecular complexity index is 1480. The van der Waals surface area contributed by atoms with Gasteiger partial charge in [-0.3, -0.25) is 10.2 Å². The highest BCUT2D eigenvalue weighted by Gasteiger charge is 2.36. The van der Waals surface area contributed by atoms with E-state index in [1.165, 1.54) is 27.9 Å². The Kier molecular flexibility index (Phi) is 5.54. The van der Waals surface area contributed by atoms with Gasteiger partial charge in [0.05, 0.1) is 10.6 Å². The van der Waals surface area contributed by atoms with Crippen LogP contribution >= 0.6 is 23.4 Å². The van der Waals surface area contributed by atoms with Gasteiger partial charge in [0.25, 0.3) is 5.91 Å². The predicted octanol–water partition coefficient (Wildman–Crippen LogP) is 6.03. The maximum atomic E-state index is 12.9. The molecular weight excluding hydrogens is 466 g/mol. The molecule has 1 N–H and O–H groups in total. The van der Waals surface area contributed by atoms with Crippen LogP contribution < -0.4 is 0 Å². The van der Waals surface area contributed by atoms with Gasteiger partial charge in [0, 0.05) is 22.6 Å². The van der Waals surface area contributed by atoms with Crippen molar-refractivity contribution in [2.24, 2.45) is 10.1 Å². The first-order chi connectivity index (χ1) is 16.2. The van der Waals surface area contributed by atoms with Crippen molar-refractivity contribution in [3.63, 3.8) is 0 Å². The lowest BCUT2D eigenvalue weighted by Crippen LogP contribution is -2.35. The van der Waals surface area contributed by atoms with Crippen molar-refractivity contribution in [2.75, 3.05) is 0 Å². The number of amides is 1. The molecular formula is C26H22ClN5OS. The second-order valence-corrected chi connectivity index (χ2v) is 9.72. The summed E-state index contributed by atoms with van der Waals surface area (Å²) in [6, 6.07) is 15.7. The summed E-state index contributed by atoms with van der Waals surface area (Å²) < 4.78 is 2.17. The SMILES string of the molecule is Cc1ccc(-n2c(C)cc(/C=C3\C(=N)N4N=C(c5ccccc5Cl)SC4=NC3=O)c2C)c(C)c1. The first kappa shape index (κ1) is 22.4. The minimum Gasteiger partial charge on any atom is -0.318 e. The smallest absolute Gasteiger partial charge is 0.283 e. The Morgan fingerprint density at radius 1 is 1.06 bits per heavy atom. The molecule has 8 heteroatoms. The van der Waals surface area contributed by atoms with Gasteiger partial charge in [0.15, 0.2) is 5.84 Å². The van der Waals surface area contributed by atoms with Crippen LogP contribution in [0.1, 0.15) is 33.6 Å². The van der Waals surface area contributed by atoms with E-state index in [1.807, 2.05) is 38.1 Å². The zero-order chi connectivity index (χ0) is 24.1. The van der Waals surface area contributed by atoms with Gasteiger partial charge in [-0.25, -0.2) is 0 Å². The molecule has 0 fully saturated rings. The number of nitrogens with one attached hydrogen (secondary N) is 1. The number of hydrogen-bond acceptors (Lipinski definition) is 4. The standard InChI is InChI=1S/C26H22ClN5OS/c1-14-9-10-22(15(2)11-14)31-16(3)12-18(17(31)4)13-20-23(28)32-26(29-24(20)33)34-25(30-32)19-7-5-6-8-21(19)27/h5-13,28H,1-4H3/b20-13+,28-23?. The largest absolute Gasteiger partial charge is 0.318 e. The highest BCUT2D eigenvalue weighted by molar-refractivity contribution is 8.27. The molecule has 3 heterocycles. The number of aliphatic imine (C=N–C) groups is 1. The molecule has 1 amide bonds. The summed E-state index contributed by atoms with van der Waals surface area (Å²) in [5, 5.41) is 16.2. The molecule has 6 nitrogen and oxygen atoms in total. The van der Waals surface area contributed by atoms with Gasteiger partial charge in [-0.1, -0.05) is 47.5 Å². The van der Waals surface area contributed by atoms with Crippen LogP contribution in [-0.2, 0) is 4.79 Å². The van der Waals surface area contributed by atoms with Crippen LogP contribution in [0, 0.1) is 33.1 Å². The van der Waals surface area contributed by atoms with E-state index >= 15 is 0 Å². The zero-order valence-electron chi connectivity index (χ0n) is 19.2. The molecule has 3 aromatic rings. The van der Waals surface area contributed by atoms with Crippen molar-refractivity contribution in [3.8, 4) is 5.69 Å². The average Bonchev–Trinajstić information content (AvgIpc) is 3.32. The van der Waals surface area contributed by atoms with Crippen molar-refractivity contribution < 1.29 is 4.79 Å². The van der Waals surface area contributed by atoms with Gasteiger partial charge in [0.2, 0.25) is 5.17 Å². The Labute approximate surface area is 207 Å². The average molecular weight is 488 g/mol. The van der Waals surface area contributed by atoms with Crippen LogP contribution in [0.4, 0.5) is 0 Å². The second-order valence-electron chi connectivity index (χ2n) is 8.36. The third-order valence-corrected chi connectivity index (χ3v) is 7.19. The Hall–Kier alpha value is -3.42. The molecule has 0 spiro atoms. The Morgan fingerprint density at radius 2 is 1.82 bits per heavy atom. The monoisotopic (exact) mass is 487 g/mol. The first-order valence-electron chi connectivity index (χ1n) is 10.8. The molecule has 170 valence electrons. The molecule has 0 bridgehead atoms. The quantitative estimate of drug-likeness (QED) is 0.458. The van der Waals surface area contributed by atoms with Crippen LogP contribution in [0.25, 0.3) is 11.8 Å². The van der Waals surface area contributed by atoms with Crippen LogP contribution in [0.3, 0.4) is 0 Å². The predicted molar refractivity (Wildman–Crippen MR) is 140 cm³/mol. The highest BCUT2D eigenvalue weighted by atomic mass is 35.5. The summed E-state index contributed by atoms with van der Waals surface area (Å²) in [5.74, 6) is -0.448. The van der Waals surface area contributed by atoms with Crippen LogP contribution in [-0.4, -0.2) is 31.5 Å². The minimum absolute atomic E-state index is 0.000808. The van der Waals surface area contributed by atoms with E-state index in [2.05, 4.69) is 46.7 Å². The third-order valence-electron chi connectivity index (χ3n) is 5.92. The lowest BCUT2D eigenvalue weighted by molar-refractivity contribution is -0.114. The van der Waals surface area contributed by atoms with Crippen LogP contribution in [0.2, 0.25) is 5.02 Å². The van der Waals surface area contributed by atoms with E-state index in [4.69, 9.17) is 17.0 Å². The highest BCUT2D eigenvalue weighted by Crippen LogP contribution is 2.33. The number of hydrazone groups is 1. The molecule has 0 saturated heterocycles. The summed E-state index contributed by atoms with van der Waals surface area (Å²) in [4.78, 5) is 17.1. The van der Waals surface area contributed by atoms with Crippen molar-refractivity contribution in [1.82, 2.24) is 9.58 Å². The van der Waals surface area contributed by atoms with Crippen molar-refractivity contribution >= 4 is 51.4 Å². The molecule has 0 saturated carbocycles. The van der Waals surface area contributed by atoms with Gasteiger partial charge in [-0.05, 0) is 74.9 Å². The van der Waals surface area contributed by atoms with E-state index < -0.39 is 5.91 Å². The van der Waals surface area contributed by atoms with Crippen LogP contribution in [0.5, 0.6) is 0 Å². The number of hydrogen-bond donors (Lipinski definition) is 1. The number of benzene rings is 2. The molecule has 0 atom stereocenters. The zero-order valence-corrected chi connectivity index (χ0v) is 20.8. The molecule has 2 aliphatic rings. The Morgan fingerprint density at radius 3 is 2.56 bits per heavy atom. The van der Waals surface area contributed by atoms with E-state index in [0.29, 0.717) is 15.2 Å². The van der Waals surface area contributed by atoms with Crippen molar-refractivity contribution in [3.05, 3.63) is 92.8 Å². The molecule has 5 rings (SSSR count). The molecule has 0 radical (unpaired) electrons. The van der Waals surface area contributed by atoms with Gasteiger partial charge >= 0.3 is 0 Å². The molecule has 1 aromatic heterocycles. The molecule has 2 aliphatic heterocycles. The van der Waals surface area contributed by atoms with E-state index in [-0.39, 0.29) is 11.4 Å². The number of fused-ring (bicyclic) bond motifs is 1. The molecule has 0 aliphatic carbocycles. The van der Waals surface area contributed by atoms with E-state index in [0.717, 1.165) is 28.2 Å². The number of carbonyl (C=O) groups is 1. The fraction of sp³-hybridized carbons (Fsp3) is 0.154. The first-order valence-corrected chi connectivity index (χ1v) is 12.0. The maximum absolute atomic E-state index is 12.9. The number of thioether (sulfide) groups is 1. The summed E-state index contributed by atoms with van der Waals surface area (Å²) in [6.45, 7) is 8.22. The van der Waals surface area contributed by atoms with Gasteiger partial charge in [-0.2, -0.15) is 15.1 Å². The number of amidine groups is 2. The number of aromatic nitrogens is 1. The van der Waals surface area contributed by atoms with Gasteiger partial charge in [0.1, 0.15) is 5.04 Å². The lowest BCUT2D eigenvalue weighted by Gasteiger charge is -2.20. The fourth-order valence-corrected chi connectivity index (χ4v) is 5.46. The molecule has 2 aromatic carbocycles. The van der Waals surface area contributed by atoms with Crippen LogP contribution in [0.15, 0.2) is 64.2 Å². The normalized spacial score (nSPS) is 16.7. The number of aryl methyl sites for hydroxylation is 3. The number of nitrogens with zero attached hydrogens (tertiary/aromatic N) is 4.